The summed E-state index contributed by atoms with van der Waals surface area (Å²) in [5.41, 5.74) is -1.48. The molecule has 144 valence electrons. The van der Waals surface area contributed by atoms with E-state index >= 15 is 0 Å². The first kappa shape index (κ1) is 18.3. The zero-order valence-corrected chi connectivity index (χ0v) is 15.6. The molecule has 3 fully saturated rings. The molecule has 0 aliphatic heterocycles. The first-order chi connectivity index (χ1) is 12.2. The molecule has 0 aromatic rings. The van der Waals surface area contributed by atoms with E-state index in [1.807, 2.05) is 6.92 Å². The van der Waals surface area contributed by atoms with Crippen molar-refractivity contribution in [2.45, 2.75) is 70.5 Å². The zero-order chi connectivity index (χ0) is 18.9. The fourth-order valence-electron chi connectivity index (χ4n) is 7.26. The Morgan fingerprint density at radius 1 is 1.27 bits per heavy atom. The van der Waals surface area contributed by atoms with E-state index in [2.05, 4.69) is 6.92 Å². The molecule has 4 nitrogen and oxygen atoms in total. The van der Waals surface area contributed by atoms with E-state index in [1.165, 1.54) is 0 Å². The van der Waals surface area contributed by atoms with Crippen LogP contribution in [0.15, 0.2) is 11.6 Å². The molecule has 4 aliphatic rings. The zero-order valence-electron chi connectivity index (χ0n) is 15.6. The Labute approximate surface area is 153 Å². The predicted molar refractivity (Wildman–Crippen MR) is 94.0 cm³/mol. The average molecular weight is 364 g/mol. The van der Waals surface area contributed by atoms with Gasteiger partial charge in [0.05, 0.1) is 6.10 Å². The molecule has 26 heavy (non-hydrogen) atoms. The first-order valence-electron chi connectivity index (χ1n) is 9.91. The van der Waals surface area contributed by atoms with E-state index in [4.69, 9.17) is 0 Å². The lowest BCUT2D eigenvalue weighted by Crippen LogP contribution is -2.61. The van der Waals surface area contributed by atoms with Crippen LogP contribution >= 0.6 is 0 Å². The molecule has 0 unspecified atom stereocenters. The van der Waals surface area contributed by atoms with Gasteiger partial charge in [-0.2, -0.15) is 0 Å². The van der Waals surface area contributed by atoms with Gasteiger partial charge in [-0.05, 0) is 67.8 Å². The number of aliphatic hydroxyl groups is 2. The molecule has 2 N–H and O–H groups in total. The minimum absolute atomic E-state index is 0.0384. The molecular weight excluding hydrogens is 335 g/mol. The summed E-state index contributed by atoms with van der Waals surface area (Å²) in [6, 6.07) is 0. The van der Waals surface area contributed by atoms with Crippen LogP contribution in [-0.2, 0) is 9.59 Å². The third-order valence-electron chi connectivity index (χ3n) is 8.63. The third-order valence-corrected chi connectivity index (χ3v) is 8.63. The van der Waals surface area contributed by atoms with Gasteiger partial charge in [0.1, 0.15) is 5.60 Å². The Morgan fingerprint density at radius 2 is 2.00 bits per heavy atom. The van der Waals surface area contributed by atoms with Crippen molar-refractivity contribution < 1.29 is 24.2 Å². The van der Waals surface area contributed by atoms with E-state index in [1.54, 1.807) is 6.08 Å². The maximum atomic E-state index is 13.2. The van der Waals surface area contributed by atoms with Crippen molar-refractivity contribution in [3.63, 3.8) is 0 Å². The maximum absolute atomic E-state index is 13.2. The number of halogens is 1. The number of ketones is 2. The fourth-order valence-corrected chi connectivity index (χ4v) is 7.26. The Kier molecular flexibility index (Phi) is 4.02. The second kappa shape index (κ2) is 5.71. The lowest BCUT2D eigenvalue weighted by Gasteiger charge is -2.60. The van der Waals surface area contributed by atoms with Crippen molar-refractivity contribution in [3.05, 3.63) is 11.6 Å². The molecule has 0 amide bonds. The van der Waals surface area contributed by atoms with Crippen LogP contribution in [-0.4, -0.2) is 40.2 Å². The summed E-state index contributed by atoms with van der Waals surface area (Å²) in [5.74, 6) is -0.224. The van der Waals surface area contributed by atoms with Crippen LogP contribution < -0.4 is 0 Å². The van der Waals surface area contributed by atoms with Crippen LogP contribution in [0.2, 0.25) is 0 Å². The van der Waals surface area contributed by atoms with E-state index in [0.29, 0.717) is 19.3 Å². The molecule has 0 saturated heterocycles. The van der Waals surface area contributed by atoms with Crippen LogP contribution in [0.25, 0.3) is 0 Å². The van der Waals surface area contributed by atoms with Crippen molar-refractivity contribution >= 4 is 11.6 Å². The van der Waals surface area contributed by atoms with Crippen molar-refractivity contribution in [2.24, 2.45) is 28.6 Å². The molecule has 4 rings (SSSR count). The molecule has 7 atom stereocenters. The second-order valence-electron chi connectivity index (χ2n) is 9.53. The van der Waals surface area contributed by atoms with Gasteiger partial charge >= 0.3 is 0 Å². The standard InChI is InChI=1S/C21H29FO4/c1-19-7-5-13(23)9-12(19)3-4-14-15-6-8-21(26,17(25)11-22)20(15,2)10-16(24)18(14)19/h9,14-16,18,24,26H,3-8,10-11H2,1-2H3/t14-,15-,16+,18+,19-,20+,21-/m0/s1. The van der Waals surface area contributed by atoms with E-state index < -0.39 is 29.6 Å². The highest BCUT2D eigenvalue weighted by Crippen LogP contribution is 2.67. The smallest absolute Gasteiger partial charge is 0.195 e. The molecule has 4 aliphatic carbocycles. The highest BCUT2D eigenvalue weighted by atomic mass is 19.1. The summed E-state index contributed by atoms with van der Waals surface area (Å²) in [6.07, 6.45) is 5.39. The normalized spacial score (nSPS) is 50.5. The molecule has 5 heteroatoms. The molecule has 0 spiro atoms. The Hall–Kier alpha value is -1.07. The van der Waals surface area contributed by atoms with Gasteiger partial charge in [-0.3, -0.25) is 9.59 Å². The Bertz CT molecular complexity index is 687. The first-order valence-corrected chi connectivity index (χ1v) is 9.91. The molecular formula is C21H29FO4. The lowest BCUT2D eigenvalue weighted by molar-refractivity contribution is -0.181. The van der Waals surface area contributed by atoms with Gasteiger partial charge in [0.15, 0.2) is 18.2 Å². The monoisotopic (exact) mass is 364 g/mol. The SMILES string of the molecule is C[C@]12CCC(=O)C=C1CC[C@@H]1[C@@H]2[C@H](O)C[C@]2(C)[C@H]1CC[C@]2(O)C(=O)CF. The summed E-state index contributed by atoms with van der Waals surface area (Å²) in [4.78, 5) is 24.1. The van der Waals surface area contributed by atoms with Crippen LogP contribution in [0, 0.1) is 28.6 Å². The number of carbonyl (C=O) groups is 2. The topological polar surface area (TPSA) is 74.6 Å². The number of aliphatic hydroxyl groups excluding tert-OH is 1. The highest BCUT2D eigenvalue weighted by Gasteiger charge is 2.68. The molecule has 0 aromatic heterocycles. The van der Waals surface area contributed by atoms with Gasteiger partial charge < -0.3 is 10.2 Å². The maximum Gasteiger partial charge on any atom is 0.195 e. The van der Waals surface area contributed by atoms with Crippen molar-refractivity contribution in [1.82, 2.24) is 0 Å². The highest BCUT2D eigenvalue weighted by molar-refractivity contribution is 5.91. The van der Waals surface area contributed by atoms with Crippen LogP contribution in [0.5, 0.6) is 0 Å². The van der Waals surface area contributed by atoms with Crippen LogP contribution in [0.4, 0.5) is 4.39 Å². The minimum Gasteiger partial charge on any atom is -0.393 e. The second-order valence-corrected chi connectivity index (χ2v) is 9.53. The number of hydrogen-bond donors (Lipinski definition) is 2. The number of allylic oxidation sites excluding steroid dienone is 1. The van der Waals surface area contributed by atoms with Crippen molar-refractivity contribution in [1.29, 1.82) is 0 Å². The molecule has 0 radical (unpaired) electrons. The predicted octanol–water partition coefficient (Wildman–Crippen LogP) is 2.76. The number of hydrogen-bond acceptors (Lipinski definition) is 4. The lowest BCUT2D eigenvalue weighted by atomic mass is 9.45. The van der Waals surface area contributed by atoms with Crippen LogP contribution in [0.1, 0.15) is 58.8 Å². The Morgan fingerprint density at radius 3 is 2.69 bits per heavy atom. The number of fused-ring (bicyclic) bond motifs is 5. The molecule has 0 heterocycles. The third kappa shape index (κ3) is 2.13. The quantitative estimate of drug-likeness (QED) is 0.790. The number of alkyl halides is 1. The summed E-state index contributed by atoms with van der Waals surface area (Å²) in [7, 11) is 0. The summed E-state index contributed by atoms with van der Waals surface area (Å²) >= 11 is 0. The Balaban J connectivity index is 1.74. The largest absolute Gasteiger partial charge is 0.393 e. The average Bonchev–Trinajstić information content (AvgIpc) is 2.86. The van der Waals surface area contributed by atoms with E-state index in [-0.39, 0.29) is 35.4 Å². The summed E-state index contributed by atoms with van der Waals surface area (Å²) in [5, 5.41) is 22.2. The van der Waals surface area contributed by atoms with Gasteiger partial charge in [0, 0.05) is 11.8 Å². The van der Waals surface area contributed by atoms with Gasteiger partial charge in [-0.1, -0.05) is 19.4 Å². The van der Waals surface area contributed by atoms with E-state index in [0.717, 1.165) is 24.8 Å². The molecule has 3 saturated carbocycles. The summed E-state index contributed by atoms with van der Waals surface area (Å²) < 4.78 is 13.2. The van der Waals surface area contributed by atoms with Crippen molar-refractivity contribution in [3.8, 4) is 0 Å². The molecule has 0 bridgehead atoms. The van der Waals surface area contributed by atoms with Gasteiger partial charge in [-0.25, -0.2) is 4.39 Å². The summed E-state index contributed by atoms with van der Waals surface area (Å²) in [6.45, 7) is 2.88. The van der Waals surface area contributed by atoms with Crippen LogP contribution in [0.3, 0.4) is 0 Å². The van der Waals surface area contributed by atoms with E-state index in [9.17, 15) is 24.2 Å². The van der Waals surface area contributed by atoms with Crippen molar-refractivity contribution in [2.75, 3.05) is 6.67 Å². The van der Waals surface area contributed by atoms with Gasteiger partial charge in [-0.15, -0.1) is 0 Å². The fraction of sp³-hybridized carbons (Fsp3) is 0.810. The van der Waals surface area contributed by atoms with Gasteiger partial charge in [0.25, 0.3) is 0 Å². The number of Topliss-reactive ketones (excluding diaryl/α,β-unsaturated/α-hetero) is 1. The van der Waals surface area contributed by atoms with Gasteiger partial charge in [0.2, 0.25) is 0 Å². The minimum atomic E-state index is -1.67. The number of rotatable bonds is 2. The number of carbonyl (C=O) groups excluding carboxylic acids is 2. The molecule has 0 aromatic carbocycles.